The summed E-state index contributed by atoms with van der Waals surface area (Å²) in [7, 11) is 10.2. The van der Waals surface area contributed by atoms with E-state index < -0.39 is 0 Å². The van der Waals surface area contributed by atoms with Crippen LogP contribution in [0.2, 0.25) is 0 Å². The molecule has 21 heavy (non-hydrogen) atoms. The van der Waals surface area contributed by atoms with Gasteiger partial charge in [0.1, 0.15) is 13.2 Å². The fourth-order valence-electron chi connectivity index (χ4n) is 1.27. The van der Waals surface area contributed by atoms with Crippen LogP contribution in [0.5, 0.6) is 0 Å². The number of nitrogens with one attached hydrogen (secondary N) is 2. The molecule has 0 unspecified atom stereocenters. The van der Waals surface area contributed by atoms with E-state index in [1.54, 1.807) is 0 Å². The van der Waals surface area contributed by atoms with E-state index in [-0.39, 0.29) is 47.8 Å². The number of thiocarbonyl (C=S) groups is 2. The highest BCUT2D eigenvalue weighted by Crippen LogP contribution is 1.95. The molecule has 0 spiro atoms. The van der Waals surface area contributed by atoms with Crippen LogP contribution in [-0.2, 0) is 19.1 Å². The minimum atomic E-state index is -0.161. The Hall–Kier alpha value is -1.15. The summed E-state index contributed by atoms with van der Waals surface area (Å²) in [6, 6.07) is 0. The molecule has 0 aliphatic heterocycles. The Morgan fingerprint density at radius 1 is 0.857 bits per heavy atom. The van der Waals surface area contributed by atoms with Gasteiger partial charge in [0.15, 0.2) is 15.7 Å². The van der Waals surface area contributed by atoms with E-state index in [1.807, 2.05) is 0 Å². The van der Waals surface area contributed by atoms with Gasteiger partial charge in [0.2, 0.25) is 11.8 Å². The van der Waals surface area contributed by atoms with Crippen LogP contribution >= 0.6 is 24.4 Å². The van der Waals surface area contributed by atoms with Crippen molar-refractivity contribution in [1.29, 1.82) is 0 Å². The molecule has 0 aromatic rings. The molecule has 6 nitrogen and oxygen atoms in total. The van der Waals surface area contributed by atoms with Crippen molar-refractivity contribution in [2.45, 2.75) is 19.3 Å². The van der Waals surface area contributed by atoms with Crippen molar-refractivity contribution in [1.82, 2.24) is 10.6 Å². The monoisotopic (exact) mass is 326 g/mol. The maximum absolute atomic E-state index is 11.4. The van der Waals surface area contributed by atoms with Crippen LogP contribution in [0.15, 0.2) is 0 Å². The van der Waals surface area contributed by atoms with Crippen LogP contribution in [0.4, 0.5) is 0 Å². The van der Waals surface area contributed by atoms with E-state index in [9.17, 15) is 9.59 Å². The van der Waals surface area contributed by atoms with Gasteiger partial charge in [0.25, 0.3) is 0 Å². The smallest absolute Gasteiger partial charge is 0.220 e. The van der Waals surface area contributed by atoms with Gasteiger partial charge in [0.05, 0.1) is 23.0 Å². The van der Waals surface area contributed by atoms with Crippen LogP contribution in [0.25, 0.3) is 0 Å². The van der Waals surface area contributed by atoms with Gasteiger partial charge in [-0.3, -0.25) is 9.59 Å². The standard InChI is InChI=1S/C11H16B2N2O4S2/c12-10(20)18-6-4-14-8(16)2-1-3-9(17)15-5-7-19-11(13)21/h1-7H2,(H,14,16)(H,15,17). The van der Waals surface area contributed by atoms with Crippen molar-refractivity contribution >= 4 is 61.8 Å². The van der Waals surface area contributed by atoms with Crippen LogP contribution in [0, 0.1) is 0 Å². The molecule has 4 radical (unpaired) electrons. The van der Waals surface area contributed by atoms with Crippen LogP contribution < -0.4 is 10.6 Å². The molecule has 0 aliphatic rings. The lowest BCUT2D eigenvalue weighted by atomic mass is 10.2. The number of rotatable bonds is 10. The fourth-order valence-corrected chi connectivity index (χ4v) is 1.44. The van der Waals surface area contributed by atoms with E-state index in [2.05, 4.69) is 35.1 Å². The van der Waals surface area contributed by atoms with Gasteiger partial charge < -0.3 is 20.1 Å². The lowest BCUT2D eigenvalue weighted by Gasteiger charge is -2.07. The summed E-state index contributed by atoms with van der Waals surface area (Å²) in [4.78, 5) is 22.7. The predicted molar refractivity (Wildman–Crippen MR) is 88.5 cm³/mol. The third-order valence-corrected chi connectivity index (χ3v) is 2.38. The van der Waals surface area contributed by atoms with Gasteiger partial charge in [-0.1, -0.05) is 24.4 Å². The number of carbonyl (C=O) groups is 2. The molecule has 0 aromatic carbocycles. The molecule has 2 N–H and O–H groups in total. The minimum Gasteiger partial charge on any atom is -0.497 e. The summed E-state index contributed by atoms with van der Waals surface area (Å²) in [6.07, 6.45) is 0.956. The van der Waals surface area contributed by atoms with Gasteiger partial charge in [-0.2, -0.15) is 0 Å². The average molecular weight is 326 g/mol. The Labute approximate surface area is 137 Å². The van der Waals surface area contributed by atoms with Crippen molar-refractivity contribution < 1.29 is 19.1 Å². The van der Waals surface area contributed by atoms with E-state index in [0.717, 1.165) is 0 Å². The normalized spacial score (nSPS) is 9.52. The molecule has 10 heteroatoms. The Kier molecular flexibility index (Phi) is 11.9. The first kappa shape index (κ1) is 19.8. The number of amides is 2. The predicted octanol–water partition coefficient (Wildman–Crippen LogP) is -0.671. The van der Waals surface area contributed by atoms with Gasteiger partial charge >= 0.3 is 0 Å². The second-order valence-electron chi connectivity index (χ2n) is 3.89. The summed E-state index contributed by atoms with van der Waals surface area (Å²) in [6.45, 7) is 1.09. The molecule has 0 bridgehead atoms. The number of hydrogen-bond donors (Lipinski definition) is 2. The van der Waals surface area contributed by atoms with Crippen LogP contribution in [-0.4, -0.2) is 63.7 Å². The minimum absolute atomic E-state index is 0.0553. The molecular weight excluding hydrogens is 310 g/mol. The van der Waals surface area contributed by atoms with Crippen LogP contribution in [0.3, 0.4) is 0 Å². The Bertz CT molecular complexity index is 349. The Morgan fingerprint density at radius 2 is 1.24 bits per heavy atom. The van der Waals surface area contributed by atoms with Crippen molar-refractivity contribution in [2.75, 3.05) is 26.3 Å². The number of hydrogen-bond acceptors (Lipinski definition) is 6. The summed E-state index contributed by atoms with van der Waals surface area (Å²) >= 11 is 9.01. The lowest BCUT2D eigenvalue weighted by Crippen LogP contribution is -2.29. The first-order valence-electron chi connectivity index (χ1n) is 6.29. The molecule has 112 valence electrons. The lowest BCUT2D eigenvalue weighted by molar-refractivity contribution is -0.122. The highest BCUT2D eigenvalue weighted by atomic mass is 32.1. The maximum atomic E-state index is 11.4. The molecule has 0 fully saturated rings. The van der Waals surface area contributed by atoms with E-state index in [0.29, 0.717) is 19.5 Å². The van der Waals surface area contributed by atoms with Crippen molar-refractivity contribution in [3.05, 3.63) is 0 Å². The van der Waals surface area contributed by atoms with Gasteiger partial charge in [0, 0.05) is 12.8 Å². The molecule has 0 saturated heterocycles. The van der Waals surface area contributed by atoms with E-state index in [1.165, 1.54) is 0 Å². The average Bonchev–Trinajstić information content (AvgIpc) is 2.39. The van der Waals surface area contributed by atoms with Crippen LogP contribution in [0.1, 0.15) is 19.3 Å². The topological polar surface area (TPSA) is 76.7 Å². The first-order valence-corrected chi connectivity index (χ1v) is 7.11. The zero-order valence-electron chi connectivity index (χ0n) is 11.6. The van der Waals surface area contributed by atoms with E-state index >= 15 is 0 Å². The maximum Gasteiger partial charge on any atom is 0.220 e. The number of carbonyl (C=O) groups excluding carboxylic acids is 2. The molecule has 0 saturated carbocycles. The molecule has 0 aromatic heterocycles. The highest BCUT2D eigenvalue weighted by Gasteiger charge is 2.04. The fraction of sp³-hybridized carbons (Fsp3) is 0.636. The van der Waals surface area contributed by atoms with Gasteiger partial charge in [-0.15, -0.1) is 0 Å². The SMILES string of the molecule is [B]C(=S)OCCNC(=O)CCCC(=O)NCCOC([B])=S. The molecule has 2 amide bonds. The molecule has 0 aliphatic carbocycles. The second kappa shape index (κ2) is 12.6. The first-order chi connectivity index (χ1) is 9.91. The largest absolute Gasteiger partial charge is 0.497 e. The van der Waals surface area contributed by atoms with Crippen molar-refractivity contribution in [3.63, 3.8) is 0 Å². The molecule has 0 atom stereocenters. The summed E-state index contributed by atoms with van der Waals surface area (Å²) in [5.74, 6) is -0.322. The highest BCUT2D eigenvalue weighted by molar-refractivity contribution is 7.82. The van der Waals surface area contributed by atoms with E-state index in [4.69, 9.17) is 25.2 Å². The summed E-state index contributed by atoms with van der Waals surface area (Å²) in [5.41, 5.74) is 0. The third kappa shape index (κ3) is 15.1. The zero-order valence-corrected chi connectivity index (χ0v) is 13.2. The van der Waals surface area contributed by atoms with Gasteiger partial charge in [-0.05, 0) is 6.42 Å². The second-order valence-corrected chi connectivity index (χ2v) is 4.69. The van der Waals surface area contributed by atoms with Gasteiger partial charge in [-0.25, -0.2) is 0 Å². The summed E-state index contributed by atoms with van der Waals surface area (Å²) < 4.78 is 9.61. The third-order valence-electron chi connectivity index (χ3n) is 2.14. The molecule has 0 rings (SSSR count). The zero-order chi connectivity index (χ0) is 16.1. The van der Waals surface area contributed by atoms with Crippen molar-refractivity contribution in [3.8, 4) is 0 Å². The van der Waals surface area contributed by atoms with Crippen molar-refractivity contribution in [2.24, 2.45) is 0 Å². The quantitative estimate of drug-likeness (QED) is 0.315. The summed E-state index contributed by atoms with van der Waals surface area (Å²) in [5, 5.41) is 5.23. The molecule has 0 heterocycles. The molecular formula is C11H16B2N2O4S2. The Balaban J connectivity index is 3.46. The Morgan fingerprint density at radius 3 is 1.57 bits per heavy atom. The number of ether oxygens (including phenoxy) is 2.